The van der Waals surface area contributed by atoms with Crippen molar-refractivity contribution in [2.75, 3.05) is 6.61 Å². The number of aliphatic hydroxyl groups excluding tert-OH is 1. The molecule has 0 fully saturated rings. The monoisotopic (exact) mass is 239 g/mol. The van der Waals surface area contributed by atoms with Crippen molar-refractivity contribution in [2.24, 2.45) is 0 Å². The zero-order chi connectivity index (χ0) is 12.0. The van der Waals surface area contributed by atoms with Crippen molar-refractivity contribution >= 4 is 23.2 Å². The summed E-state index contributed by atoms with van der Waals surface area (Å²) >= 11 is 5.01. The van der Waals surface area contributed by atoms with Gasteiger partial charge in [-0.2, -0.15) is 0 Å². The Bertz CT molecular complexity index is 367. The molecule has 0 saturated heterocycles. The minimum atomic E-state index is -1.11. The predicted octanol–water partition coefficient (Wildman–Crippen LogP) is 0.592. The summed E-state index contributed by atoms with van der Waals surface area (Å²) in [7, 11) is 0. The number of nitrogens with one attached hydrogen (secondary N) is 1. The third-order valence-electron chi connectivity index (χ3n) is 2.02. The standard InChI is InChI=1S/C11H13NO3S/c13-7-9(11(14)15)12-10(16)6-8-4-2-1-3-5-8/h1-5,9,13H,6-7H2,(H,12,16)(H,14,15). The molecular weight excluding hydrogens is 226 g/mol. The number of carbonyl (C=O) groups is 1. The second-order valence-corrected chi connectivity index (χ2v) is 3.80. The molecule has 0 saturated carbocycles. The largest absolute Gasteiger partial charge is 0.480 e. The molecule has 0 radical (unpaired) electrons. The maximum Gasteiger partial charge on any atom is 0.328 e. The van der Waals surface area contributed by atoms with Gasteiger partial charge in [0.2, 0.25) is 0 Å². The summed E-state index contributed by atoms with van der Waals surface area (Å²) in [5.74, 6) is -1.11. The summed E-state index contributed by atoms with van der Waals surface area (Å²) in [5, 5.41) is 20.1. The van der Waals surface area contributed by atoms with E-state index >= 15 is 0 Å². The van der Waals surface area contributed by atoms with Crippen LogP contribution in [0.2, 0.25) is 0 Å². The Kier molecular flexibility index (Phi) is 4.88. The van der Waals surface area contributed by atoms with E-state index in [0.29, 0.717) is 11.4 Å². The second kappa shape index (κ2) is 6.19. The third kappa shape index (κ3) is 3.96. The van der Waals surface area contributed by atoms with E-state index in [1.165, 1.54) is 0 Å². The van der Waals surface area contributed by atoms with Crippen molar-refractivity contribution in [1.29, 1.82) is 0 Å². The SMILES string of the molecule is O=C(O)C(CO)NC(=S)Cc1ccccc1. The zero-order valence-electron chi connectivity index (χ0n) is 8.59. The molecule has 0 aliphatic rings. The Morgan fingerprint density at radius 1 is 1.38 bits per heavy atom. The minimum Gasteiger partial charge on any atom is -0.480 e. The molecule has 86 valence electrons. The first-order valence-corrected chi connectivity index (χ1v) is 5.21. The van der Waals surface area contributed by atoms with Crippen molar-refractivity contribution in [3.05, 3.63) is 35.9 Å². The molecule has 0 aromatic heterocycles. The van der Waals surface area contributed by atoms with Crippen molar-refractivity contribution in [1.82, 2.24) is 5.32 Å². The highest BCUT2D eigenvalue weighted by Gasteiger charge is 2.16. The third-order valence-corrected chi connectivity index (χ3v) is 2.29. The average Bonchev–Trinajstić information content (AvgIpc) is 2.27. The summed E-state index contributed by atoms with van der Waals surface area (Å²) in [6, 6.07) is 8.45. The van der Waals surface area contributed by atoms with Gasteiger partial charge in [-0.25, -0.2) is 4.79 Å². The summed E-state index contributed by atoms with van der Waals surface area (Å²) in [6.45, 7) is -0.482. The van der Waals surface area contributed by atoms with Crippen LogP contribution in [0, 0.1) is 0 Å². The zero-order valence-corrected chi connectivity index (χ0v) is 9.41. The molecule has 0 amide bonds. The number of benzene rings is 1. The van der Waals surface area contributed by atoms with E-state index in [1.54, 1.807) is 0 Å². The van der Waals surface area contributed by atoms with Crippen LogP contribution in [0.25, 0.3) is 0 Å². The van der Waals surface area contributed by atoms with Crippen LogP contribution >= 0.6 is 12.2 Å². The smallest absolute Gasteiger partial charge is 0.328 e. The van der Waals surface area contributed by atoms with Gasteiger partial charge in [0.1, 0.15) is 6.04 Å². The van der Waals surface area contributed by atoms with E-state index in [2.05, 4.69) is 5.32 Å². The molecule has 1 aromatic rings. The first-order chi connectivity index (χ1) is 7.63. The number of carboxylic acid groups (broad SMARTS) is 1. The lowest BCUT2D eigenvalue weighted by molar-refractivity contribution is -0.139. The molecule has 4 nitrogen and oxygen atoms in total. The Morgan fingerprint density at radius 2 is 2.00 bits per heavy atom. The highest BCUT2D eigenvalue weighted by atomic mass is 32.1. The fourth-order valence-electron chi connectivity index (χ4n) is 1.21. The molecule has 0 spiro atoms. The highest BCUT2D eigenvalue weighted by Crippen LogP contribution is 2.00. The molecule has 1 unspecified atom stereocenters. The average molecular weight is 239 g/mol. The van der Waals surface area contributed by atoms with Gasteiger partial charge in [-0.05, 0) is 5.56 Å². The van der Waals surface area contributed by atoms with Crippen molar-refractivity contribution < 1.29 is 15.0 Å². The lowest BCUT2D eigenvalue weighted by Crippen LogP contribution is -2.43. The number of aliphatic carboxylic acids is 1. The number of hydrogen-bond acceptors (Lipinski definition) is 3. The normalized spacial score (nSPS) is 11.8. The molecular formula is C11H13NO3S. The van der Waals surface area contributed by atoms with Crippen LogP contribution in [0.3, 0.4) is 0 Å². The van der Waals surface area contributed by atoms with Gasteiger partial charge in [0, 0.05) is 6.42 Å². The number of carboxylic acids is 1. The van der Waals surface area contributed by atoms with Gasteiger partial charge in [-0.3, -0.25) is 0 Å². The van der Waals surface area contributed by atoms with Crippen LogP contribution < -0.4 is 5.32 Å². The molecule has 0 aliphatic carbocycles. The molecule has 5 heteroatoms. The van der Waals surface area contributed by atoms with Gasteiger partial charge in [0.05, 0.1) is 11.6 Å². The molecule has 1 atom stereocenters. The van der Waals surface area contributed by atoms with Gasteiger partial charge >= 0.3 is 5.97 Å². The number of rotatable bonds is 5. The Morgan fingerprint density at radius 3 is 2.50 bits per heavy atom. The van der Waals surface area contributed by atoms with Gasteiger partial charge in [0.25, 0.3) is 0 Å². The predicted molar refractivity (Wildman–Crippen MR) is 64.4 cm³/mol. The van der Waals surface area contributed by atoms with Gasteiger partial charge in [0.15, 0.2) is 0 Å². The van der Waals surface area contributed by atoms with Crippen molar-refractivity contribution in [2.45, 2.75) is 12.5 Å². The molecule has 0 aliphatic heterocycles. The lowest BCUT2D eigenvalue weighted by atomic mass is 10.1. The lowest BCUT2D eigenvalue weighted by Gasteiger charge is -2.13. The van der Waals surface area contributed by atoms with Crippen LogP contribution in [0.15, 0.2) is 30.3 Å². The Labute approximate surface area is 98.9 Å². The summed E-state index contributed by atoms with van der Waals surface area (Å²) in [5.41, 5.74) is 1.00. The number of hydrogen-bond donors (Lipinski definition) is 3. The van der Waals surface area contributed by atoms with Crippen LogP contribution in [0.5, 0.6) is 0 Å². The van der Waals surface area contributed by atoms with E-state index in [-0.39, 0.29) is 0 Å². The van der Waals surface area contributed by atoms with Crippen molar-refractivity contribution in [3.63, 3.8) is 0 Å². The van der Waals surface area contributed by atoms with Gasteiger partial charge in [-0.1, -0.05) is 42.5 Å². The van der Waals surface area contributed by atoms with Crippen LogP contribution in [-0.2, 0) is 11.2 Å². The number of thiocarbonyl (C=S) groups is 1. The first kappa shape index (κ1) is 12.6. The highest BCUT2D eigenvalue weighted by molar-refractivity contribution is 7.80. The van der Waals surface area contributed by atoms with E-state index < -0.39 is 18.6 Å². The van der Waals surface area contributed by atoms with Crippen molar-refractivity contribution in [3.8, 4) is 0 Å². The van der Waals surface area contributed by atoms with E-state index in [4.69, 9.17) is 22.4 Å². The second-order valence-electron chi connectivity index (χ2n) is 3.30. The molecule has 16 heavy (non-hydrogen) atoms. The van der Waals surface area contributed by atoms with E-state index in [9.17, 15) is 4.79 Å². The van der Waals surface area contributed by atoms with E-state index in [0.717, 1.165) is 5.56 Å². The number of aliphatic hydroxyl groups is 1. The van der Waals surface area contributed by atoms with Gasteiger partial charge < -0.3 is 15.5 Å². The maximum atomic E-state index is 10.6. The molecule has 1 aromatic carbocycles. The van der Waals surface area contributed by atoms with Gasteiger partial charge in [-0.15, -0.1) is 0 Å². The van der Waals surface area contributed by atoms with Crippen LogP contribution in [-0.4, -0.2) is 33.8 Å². The Hall–Kier alpha value is -1.46. The molecule has 1 rings (SSSR count). The topological polar surface area (TPSA) is 69.6 Å². The summed E-state index contributed by atoms with van der Waals surface area (Å²) in [4.78, 5) is 11.0. The quantitative estimate of drug-likeness (QED) is 0.656. The Balaban J connectivity index is 2.50. The van der Waals surface area contributed by atoms with Crippen LogP contribution in [0.1, 0.15) is 5.56 Å². The maximum absolute atomic E-state index is 10.6. The molecule has 3 N–H and O–H groups in total. The van der Waals surface area contributed by atoms with E-state index in [1.807, 2.05) is 30.3 Å². The summed E-state index contributed by atoms with van der Waals surface area (Å²) in [6.07, 6.45) is 0.472. The summed E-state index contributed by atoms with van der Waals surface area (Å²) < 4.78 is 0. The van der Waals surface area contributed by atoms with Crippen LogP contribution in [0.4, 0.5) is 0 Å². The minimum absolute atomic E-state index is 0.410. The fraction of sp³-hybridized carbons (Fsp3) is 0.273. The molecule has 0 heterocycles. The first-order valence-electron chi connectivity index (χ1n) is 4.80. The molecule has 0 bridgehead atoms. The fourth-order valence-corrected chi connectivity index (χ4v) is 1.52.